The van der Waals surface area contributed by atoms with Crippen LogP contribution in [0.15, 0.2) is 44.7 Å². The van der Waals surface area contributed by atoms with Crippen LogP contribution in [-0.2, 0) is 11.2 Å². The van der Waals surface area contributed by atoms with E-state index in [4.69, 9.17) is 9.15 Å². The van der Waals surface area contributed by atoms with E-state index in [1.807, 2.05) is 20.1 Å². The number of hydrogen-bond donors (Lipinski definition) is 0. The van der Waals surface area contributed by atoms with Crippen molar-refractivity contribution >= 4 is 34.5 Å². The molecule has 3 heterocycles. The van der Waals surface area contributed by atoms with Crippen molar-refractivity contribution in [2.45, 2.75) is 31.8 Å². The van der Waals surface area contributed by atoms with Crippen molar-refractivity contribution in [3.05, 3.63) is 57.7 Å². The maximum absolute atomic E-state index is 12.4. The Morgan fingerprint density at radius 3 is 2.79 bits per heavy atom. The van der Waals surface area contributed by atoms with Crippen molar-refractivity contribution in [3.63, 3.8) is 0 Å². The zero-order valence-corrected chi connectivity index (χ0v) is 16.9. The van der Waals surface area contributed by atoms with Gasteiger partial charge in [-0.15, -0.1) is 5.10 Å². The van der Waals surface area contributed by atoms with Gasteiger partial charge in [0.2, 0.25) is 5.16 Å². The van der Waals surface area contributed by atoms with Crippen LogP contribution in [0.3, 0.4) is 0 Å². The SMILES string of the molecule is CSc1nc2nc(C)c(CCC(=O)Oc3ccc4ccc(=O)oc4c3)c(C)n2n1. The fourth-order valence-electron chi connectivity index (χ4n) is 3.15. The average molecular weight is 410 g/mol. The molecule has 0 unspecified atom stereocenters. The van der Waals surface area contributed by atoms with Crippen molar-refractivity contribution in [2.75, 3.05) is 6.26 Å². The van der Waals surface area contributed by atoms with Gasteiger partial charge in [-0.25, -0.2) is 14.3 Å². The molecule has 0 bridgehead atoms. The fraction of sp³-hybridized carbons (Fsp3) is 0.250. The average Bonchev–Trinajstić information content (AvgIpc) is 3.10. The van der Waals surface area contributed by atoms with Crippen LogP contribution in [0.5, 0.6) is 5.75 Å². The van der Waals surface area contributed by atoms with Crippen LogP contribution in [0.1, 0.15) is 23.4 Å². The minimum Gasteiger partial charge on any atom is -0.426 e. The molecule has 148 valence electrons. The van der Waals surface area contributed by atoms with E-state index in [-0.39, 0.29) is 12.4 Å². The van der Waals surface area contributed by atoms with Crippen LogP contribution in [-0.4, -0.2) is 31.8 Å². The molecule has 0 N–H and O–H groups in total. The van der Waals surface area contributed by atoms with Crippen LogP contribution in [0.2, 0.25) is 0 Å². The number of fused-ring (bicyclic) bond motifs is 2. The van der Waals surface area contributed by atoms with E-state index in [2.05, 4.69) is 15.1 Å². The summed E-state index contributed by atoms with van der Waals surface area (Å²) in [7, 11) is 0. The van der Waals surface area contributed by atoms with Crippen LogP contribution in [0, 0.1) is 13.8 Å². The second-order valence-electron chi connectivity index (χ2n) is 6.50. The highest BCUT2D eigenvalue weighted by atomic mass is 32.2. The van der Waals surface area contributed by atoms with E-state index in [0.29, 0.717) is 28.7 Å². The number of aryl methyl sites for hydroxylation is 2. The van der Waals surface area contributed by atoms with Crippen LogP contribution >= 0.6 is 11.8 Å². The maximum Gasteiger partial charge on any atom is 0.336 e. The molecule has 1 aromatic carbocycles. The molecule has 0 atom stereocenters. The van der Waals surface area contributed by atoms with E-state index in [1.54, 1.807) is 22.7 Å². The number of thioether (sulfide) groups is 1. The Morgan fingerprint density at radius 1 is 1.21 bits per heavy atom. The van der Waals surface area contributed by atoms with Gasteiger partial charge in [0.1, 0.15) is 11.3 Å². The molecule has 0 saturated carbocycles. The molecule has 0 radical (unpaired) electrons. The number of carbonyl (C=O) groups excluding carboxylic acids is 1. The molecule has 0 spiro atoms. The van der Waals surface area contributed by atoms with Gasteiger partial charge in [0, 0.05) is 28.9 Å². The molecule has 29 heavy (non-hydrogen) atoms. The van der Waals surface area contributed by atoms with Crippen molar-refractivity contribution in [2.24, 2.45) is 0 Å². The lowest BCUT2D eigenvalue weighted by Gasteiger charge is -2.10. The first-order valence-corrected chi connectivity index (χ1v) is 10.2. The molecule has 0 aliphatic heterocycles. The highest BCUT2D eigenvalue weighted by Gasteiger charge is 2.15. The van der Waals surface area contributed by atoms with Crippen LogP contribution in [0.4, 0.5) is 0 Å². The van der Waals surface area contributed by atoms with E-state index in [1.165, 1.54) is 23.9 Å². The van der Waals surface area contributed by atoms with E-state index in [0.717, 1.165) is 22.3 Å². The Morgan fingerprint density at radius 2 is 2.00 bits per heavy atom. The lowest BCUT2D eigenvalue weighted by Crippen LogP contribution is -2.12. The molecule has 9 heteroatoms. The van der Waals surface area contributed by atoms with Gasteiger partial charge in [-0.2, -0.15) is 4.98 Å². The summed E-state index contributed by atoms with van der Waals surface area (Å²) in [5, 5.41) is 5.83. The van der Waals surface area contributed by atoms with Crippen molar-refractivity contribution in [3.8, 4) is 5.75 Å². The predicted molar refractivity (Wildman–Crippen MR) is 108 cm³/mol. The summed E-state index contributed by atoms with van der Waals surface area (Å²) in [6.07, 6.45) is 2.55. The largest absolute Gasteiger partial charge is 0.426 e. The Hall–Kier alpha value is -3.20. The Bertz CT molecular complexity index is 1300. The van der Waals surface area contributed by atoms with E-state index < -0.39 is 5.63 Å². The highest BCUT2D eigenvalue weighted by molar-refractivity contribution is 7.98. The first-order valence-electron chi connectivity index (χ1n) is 8.96. The highest BCUT2D eigenvalue weighted by Crippen LogP contribution is 2.21. The Kier molecular flexibility index (Phi) is 5.06. The minimum absolute atomic E-state index is 0.176. The van der Waals surface area contributed by atoms with E-state index in [9.17, 15) is 9.59 Å². The summed E-state index contributed by atoms with van der Waals surface area (Å²) in [5.74, 6) is 0.498. The molecule has 0 fully saturated rings. The van der Waals surface area contributed by atoms with Gasteiger partial charge < -0.3 is 9.15 Å². The standard InChI is InChI=1S/C20H18N4O4S/c1-11-15(12(2)24-19(21-11)22-20(23-24)29-3)7-9-17(25)27-14-6-4-13-5-8-18(26)28-16(13)10-14/h4-6,8,10H,7,9H2,1-3H3. The molecule has 0 aliphatic rings. The van der Waals surface area contributed by atoms with Gasteiger partial charge in [-0.05, 0) is 50.3 Å². The molecular formula is C20H18N4O4S. The third-order valence-electron chi connectivity index (χ3n) is 4.62. The van der Waals surface area contributed by atoms with Crippen LogP contribution in [0.25, 0.3) is 16.7 Å². The van der Waals surface area contributed by atoms with Crippen molar-refractivity contribution in [1.82, 2.24) is 19.6 Å². The summed E-state index contributed by atoms with van der Waals surface area (Å²) in [6.45, 7) is 3.83. The number of hydrogen-bond acceptors (Lipinski definition) is 8. The first kappa shape index (κ1) is 19.1. The lowest BCUT2D eigenvalue weighted by molar-refractivity contribution is -0.134. The summed E-state index contributed by atoms with van der Waals surface area (Å²) < 4.78 is 12.2. The summed E-state index contributed by atoms with van der Waals surface area (Å²) in [4.78, 5) is 32.6. The van der Waals surface area contributed by atoms with Crippen molar-refractivity contribution < 1.29 is 13.9 Å². The van der Waals surface area contributed by atoms with E-state index >= 15 is 0 Å². The summed E-state index contributed by atoms with van der Waals surface area (Å²) in [6, 6.07) is 7.96. The fourth-order valence-corrected chi connectivity index (χ4v) is 3.49. The molecule has 3 aromatic heterocycles. The summed E-state index contributed by atoms with van der Waals surface area (Å²) >= 11 is 1.45. The third kappa shape index (κ3) is 3.86. The lowest BCUT2D eigenvalue weighted by atomic mass is 10.1. The number of esters is 1. The maximum atomic E-state index is 12.4. The molecule has 8 nitrogen and oxygen atoms in total. The smallest absolute Gasteiger partial charge is 0.336 e. The van der Waals surface area contributed by atoms with Gasteiger partial charge in [-0.1, -0.05) is 11.8 Å². The molecule has 4 aromatic rings. The second kappa shape index (κ2) is 7.67. The third-order valence-corrected chi connectivity index (χ3v) is 5.16. The number of nitrogens with zero attached hydrogens (tertiary/aromatic N) is 4. The molecule has 4 rings (SSSR count). The predicted octanol–water partition coefficient (Wildman–Crippen LogP) is 3.11. The van der Waals surface area contributed by atoms with Gasteiger partial charge in [0.15, 0.2) is 0 Å². The number of ether oxygens (including phenoxy) is 1. The normalized spacial score (nSPS) is 11.3. The van der Waals surface area contributed by atoms with Gasteiger partial charge >= 0.3 is 11.6 Å². The topological polar surface area (TPSA) is 99.6 Å². The molecule has 0 amide bonds. The molecule has 0 saturated heterocycles. The molecular weight excluding hydrogens is 392 g/mol. The van der Waals surface area contributed by atoms with Gasteiger partial charge in [-0.3, -0.25) is 4.79 Å². The second-order valence-corrected chi connectivity index (χ2v) is 7.27. The summed E-state index contributed by atoms with van der Waals surface area (Å²) in [5.41, 5.74) is 2.58. The zero-order chi connectivity index (χ0) is 20.5. The molecule has 0 aliphatic carbocycles. The number of benzene rings is 1. The van der Waals surface area contributed by atoms with Gasteiger partial charge in [0.25, 0.3) is 5.78 Å². The monoisotopic (exact) mass is 410 g/mol. The minimum atomic E-state index is -0.451. The quantitative estimate of drug-likeness (QED) is 0.214. The Labute approximate surface area is 169 Å². The number of aromatic nitrogens is 4. The number of carbonyl (C=O) groups is 1. The zero-order valence-electron chi connectivity index (χ0n) is 16.1. The Balaban J connectivity index is 1.50. The van der Waals surface area contributed by atoms with Gasteiger partial charge in [0.05, 0.1) is 6.42 Å². The number of rotatable bonds is 5. The van der Waals surface area contributed by atoms with Crippen LogP contribution < -0.4 is 10.4 Å². The first-order chi connectivity index (χ1) is 13.9. The van der Waals surface area contributed by atoms with Crippen molar-refractivity contribution in [1.29, 1.82) is 0 Å².